The number of likely N-dealkylation sites (N-methyl/N-ethyl adjacent to an activating group) is 1. The Morgan fingerprint density at radius 3 is 2.95 bits per heavy atom. The molecule has 0 amide bonds. The molecule has 0 radical (unpaired) electrons. The maximum absolute atomic E-state index is 10.2. The molecule has 0 saturated carbocycles. The number of nitrogens with zero attached hydrogens (tertiary/aromatic N) is 2. The quantitative estimate of drug-likeness (QED) is 0.838. The maximum atomic E-state index is 10.2. The molecule has 2 atom stereocenters. The van der Waals surface area contributed by atoms with Crippen LogP contribution in [0.3, 0.4) is 0 Å². The minimum Gasteiger partial charge on any atom is -0.388 e. The number of nitrogens with one attached hydrogen (secondary N) is 1. The van der Waals surface area contributed by atoms with Crippen LogP contribution in [-0.4, -0.2) is 47.8 Å². The molecule has 2 N–H and O–H groups in total. The third-order valence-electron chi connectivity index (χ3n) is 3.67. The molecule has 0 saturated heterocycles. The van der Waals surface area contributed by atoms with Gasteiger partial charge < -0.3 is 15.3 Å². The summed E-state index contributed by atoms with van der Waals surface area (Å²) >= 11 is 1.84. The van der Waals surface area contributed by atoms with Gasteiger partial charge in [0.2, 0.25) is 0 Å². The van der Waals surface area contributed by atoms with Crippen molar-refractivity contribution in [2.45, 2.75) is 45.3 Å². The molecule has 0 fully saturated rings. The van der Waals surface area contributed by atoms with E-state index >= 15 is 0 Å². The number of hydrogen-bond donors (Lipinski definition) is 2. The summed E-state index contributed by atoms with van der Waals surface area (Å²) in [6, 6.07) is 0. The smallest absolute Gasteiger partial charge is 0.107 e. The summed E-state index contributed by atoms with van der Waals surface area (Å²) in [5.74, 6) is 0.796. The molecule has 0 aliphatic heterocycles. The standard InChI is InChI=1S/C15H27N3OS/c1-11-5-6-12-13(7-11)20-14(17-12)8-16-9-15(2,19)10-18(3)4/h11,16,19H,5-10H2,1-4H3. The summed E-state index contributed by atoms with van der Waals surface area (Å²) in [4.78, 5) is 8.21. The Morgan fingerprint density at radius 1 is 1.50 bits per heavy atom. The minimum atomic E-state index is -0.700. The third-order valence-corrected chi connectivity index (χ3v) is 4.79. The molecule has 1 aliphatic rings. The third kappa shape index (κ3) is 4.52. The van der Waals surface area contributed by atoms with E-state index in [1.165, 1.54) is 23.4 Å². The lowest BCUT2D eigenvalue weighted by Gasteiger charge is -2.27. The highest BCUT2D eigenvalue weighted by Gasteiger charge is 2.22. The van der Waals surface area contributed by atoms with Crippen LogP contribution in [0.1, 0.15) is 35.8 Å². The topological polar surface area (TPSA) is 48.4 Å². The number of fused-ring (bicyclic) bond motifs is 1. The second-order valence-corrected chi connectivity index (χ2v) is 7.83. The van der Waals surface area contributed by atoms with Gasteiger partial charge in [-0.1, -0.05) is 6.92 Å². The zero-order valence-corrected chi connectivity index (χ0v) is 13.9. The van der Waals surface area contributed by atoms with Crippen LogP contribution in [-0.2, 0) is 19.4 Å². The van der Waals surface area contributed by atoms with Gasteiger partial charge >= 0.3 is 0 Å². The van der Waals surface area contributed by atoms with Crippen LogP contribution in [0.2, 0.25) is 0 Å². The van der Waals surface area contributed by atoms with Crippen LogP contribution in [0.25, 0.3) is 0 Å². The monoisotopic (exact) mass is 297 g/mol. The average molecular weight is 297 g/mol. The first-order valence-corrected chi connectivity index (χ1v) is 8.22. The Hall–Kier alpha value is -0.490. The van der Waals surface area contributed by atoms with E-state index in [1.54, 1.807) is 0 Å². The second-order valence-electron chi connectivity index (χ2n) is 6.66. The van der Waals surface area contributed by atoms with Crippen molar-refractivity contribution in [1.29, 1.82) is 0 Å². The van der Waals surface area contributed by atoms with Gasteiger partial charge in [0.05, 0.1) is 11.3 Å². The van der Waals surface area contributed by atoms with Crippen molar-refractivity contribution in [1.82, 2.24) is 15.2 Å². The van der Waals surface area contributed by atoms with E-state index in [0.717, 1.165) is 23.9 Å². The van der Waals surface area contributed by atoms with Gasteiger partial charge in [-0.3, -0.25) is 0 Å². The minimum absolute atomic E-state index is 0.589. The van der Waals surface area contributed by atoms with Crippen molar-refractivity contribution in [2.24, 2.45) is 5.92 Å². The van der Waals surface area contributed by atoms with E-state index in [0.29, 0.717) is 13.1 Å². The molecule has 5 heteroatoms. The SMILES string of the molecule is CC1CCc2nc(CNCC(C)(O)CN(C)C)sc2C1. The Kier molecular flexibility index (Phi) is 5.18. The van der Waals surface area contributed by atoms with Gasteiger partial charge in [0.1, 0.15) is 5.01 Å². The van der Waals surface area contributed by atoms with Crippen molar-refractivity contribution in [3.05, 3.63) is 15.6 Å². The van der Waals surface area contributed by atoms with Gasteiger partial charge in [-0.05, 0) is 46.2 Å². The van der Waals surface area contributed by atoms with Gasteiger partial charge in [-0.15, -0.1) is 11.3 Å². The molecule has 20 heavy (non-hydrogen) atoms. The van der Waals surface area contributed by atoms with Gasteiger partial charge in [-0.2, -0.15) is 0 Å². The molecule has 0 aromatic carbocycles. The molecule has 1 aliphatic carbocycles. The van der Waals surface area contributed by atoms with Crippen molar-refractivity contribution in [3.8, 4) is 0 Å². The molecule has 1 aromatic rings. The van der Waals surface area contributed by atoms with Crippen LogP contribution in [0.4, 0.5) is 0 Å². The number of aliphatic hydroxyl groups is 1. The zero-order chi connectivity index (χ0) is 14.8. The van der Waals surface area contributed by atoms with Crippen LogP contribution in [0.5, 0.6) is 0 Å². The summed E-state index contributed by atoms with van der Waals surface area (Å²) in [6.45, 7) is 6.20. The number of thiazole rings is 1. The molecule has 2 unspecified atom stereocenters. The van der Waals surface area contributed by atoms with Crippen LogP contribution in [0.15, 0.2) is 0 Å². The molecule has 2 rings (SSSR count). The van der Waals surface area contributed by atoms with E-state index < -0.39 is 5.60 Å². The van der Waals surface area contributed by atoms with Gasteiger partial charge in [-0.25, -0.2) is 4.98 Å². The van der Waals surface area contributed by atoms with Crippen molar-refractivity contribution < 1.29 is 5.11 Å². The van der Waals surface area contributed by atoms with E-state index in [4.69, 9.17) is 4.98 Å². The van der Waals surface area contributed by atoms with Crippen molar-refractivity contribution in [2.75, 3.05) is 27.2 Å². The summed E-state index contributed by atoms with van der Waals surface area (Å²) in [5.41, 5.74) is 0.611. The normalized spacial score (nSPS) is 21.8. The highest BCUT2D eigenvalue weighted by atomic mass is 32.1. The zero-order valence-electron chi connectivity index (χ0n) is 13.1. The summed E-state index contributed by atoms with van der Waals surface area (Å²) in [6.07, 6.45) is 3.58. The molecule has 1 heterocycles. The van der Waals surface area contributed by atoms with Crippen LogP contribution < -0.4 is 5.32 Å². The van der Waals surface area contributed by atoms with E-state index in [9.17, 15) is 5.11 Å². The highest BCUT2D eigenvalue weighted by molar-refractivity contribution is 7.11. The average Bonchev–Trinajstić information content (AvgIpc) is 2.68. The Labute approximate surface area is 126 Å². The predicted molar refractivity (Wildman–Crippen MR) is 84.2 cm³/mol. The second kappa shape index (κ2) is 6.52. The molecule has 0 spiro atoms. The number of hydrogen-bond acceptors (Lipinski definition) is 5. The fourth-order valence-electron chi connectivity index (χ4n) is 2.84. The maximum Gasteiger partial charge on any atom is 0.107 e. The van der Waals surface area contributed by atoms with Gasteiger partial charge in [0, 0.05) is 24.5 Å². The Morgan fingerprint density at radius 2 is 2.25 bits per heavy atom. The Balaban J connectivity index is 1.83. The number of aromatic nitrogens is 1. The molecule has 114 valence electrons. The molecule has 0 bridgehead atoms. The number of aryl methyl sites for hydroxylation is 1. The largest absolute Gasteiger partial charge is 0.388 e. The van der Waals surface area contributed by atoms with Crippen molar-refractivity contribution in [3.63, 3.8) is 0 Å². The fraction of sp³-hybridized carbons (Fsp3) is 0.800. The van der Waals surface area contributed by atoms with Gasteiger partial charge in [0.25, 0.3) is 0 Å². The summed E-state index contributed by atoms with van der Waals surface area (Å²) in [5, 5.41) is 14.7. The van der Waals surface area contributed by atoms with Crippen molar-refractivity contribution >= 4 is 11.3 Å². The van der Waals surface area contributed by atoms with E-state index in [1.807, 2.05) is 37.3 Å². The lowest BCUT2D eigenvalue weighted by Crippen LogP contribution is -2.45. The lowest BCUT2D eigenvalue weighted by molar-refractivity contribution is 0.0336. The lowest BCUT2D eigenvalue weighted by atomic mass is 9.93. The van der Waals surface area contributed by atoms with Crippen LogP contribution >= 0.6 is 11.3 Å². The Bertz CT molecular complexity index is 442. The summed E-state index contributed by atoms with van der Waals surface area (Å²) < 4.78 is 0. The first-order valence-electron chi connectivity index (χ1n) is 7.41. The molecule has 4 nitrogen and oxygen atoms in total. The van der Waals surface area contributed by atoms with Crippen LogP contribution in [0, 0.1) is 5.92 Å². The van der Waals surface area contributed by atoms with Gasteiger partial charge in [0.15, 0.2) is 0 Å². The van der Waals surface area contributed by atoms with E-state index in [2.05, 4.69) is 12.2 Å². The highest BCUT2D eigenvalue weighted by Crippen LogP contribution is 2.29. The number of rotatable bonds is 6. The predicted octanol–water partition coefficient (Wildman–Crippen LogP) is 1.67. The molecule has 1 aromatic heterocycles. The first-order chi connectivity index (χ1) is 9.35. The first kappa shape index (κ1) is 15.9. The fourth-order valence-corrected chi connectivity index (χ4v) is 4.09. The summed E-state index contributed by atoms with van der Waals surface area (Å²) in [7, 11) is 3.95. The molecular weight excluding hydrogens is 270 g/mol. The van der Waals surface area contributed by atoms with E-state index in [-0.39, 0.29) is 0 Å². The molecular formula is C15H27N3OS.